The van der Waals surface area contributed by atoms with Crippen LogP contribution in [0.1, 0.15) is 37.7 Å². The highest BCUT2D eigenvalue weighted by Gasteiger charge is 2.09. The normalized spacial score (nSPS) is 13.6. The third-order valence-electron chi connectivity index (χ3n) is 4.28. The van der Waals surface area contributed by atoms with Crippen molar-refractivity contribution in [3.05, 3.63) is 34.9 Å². The standard InChI is InChI=1S/C18H29ClN4.2ClH/c19-17-8-6-16(7-9-17)10-12-22-18(20)21-11-2-1-3-13-23-14-4-5-15-23;;/h6-9H,1-5,10-15H2,(H3,20,21,22);2*1H. The van der Waals surface area contributed by atoms with Gasteiger partial charge in [-0.05, 0) is 69.4 Å². The molecule has 0 unspecified atom stereocenters. The molecule has 0 atom stereocenters. The summed E-state index contributed by atoms with van der Waals surface area (Å²) in [6, 6.07) is 7.87. The molecule has 0 spiro atoms. The Morgan fingerprint density at radius 3 is 2.28 bits per heavy atom. The number of benzene rings is 1. The molecule has 1 aliphatic rings. The Morgan fingerprint density at radius 1 is 0.960 bits per heavy atom. The van der Waals surface area contributed by atoms with Crippen LogP contribution >= 0.6 is 36.4 Å². The molecule has 144 valence electrons. The minimum absolute atomic E-state index is 0. The van der Waals surface area contributed by atoms with Crippen molar-refractivity contribution < 1.29 is 0 Å². The van der Waals surface area contributed by atoms with Crippen molar-refractivity contribution in [2.24, 2.45) is 0 Å². The summed E-state index contributed by atoms with van der Waals surface area (Å²) in [5.74, 6) is 0.429. The molecule has 0 bridgehead atoms. The fourth-order valence-corrected chi connectivity index (χ4v) is 3.03. The van der Waals surface area contributed by atoms with Gasteiger partial charge < -0.3 is 15.5 Å². The molecule has 1 aliphatic heterocycles. The molecule has 0 saturated carbocycles. The van der Waals surface area contributed by atoms with Crippen molar-refractivity contribution in [3.63, 3.8) is 0 Å². The number of rotatable bonds is 9. The molecule has 3 N–H and O–H groups in total. The van der Waals surface area contributed by atoms with Crippen LogP contribution in [-0.4, -0.2) is 43.6 Å². The van der Waals surface area contributed by atoms with Crippen LogP contribution in [0.3, 0.4) is 0 Å². The number of likely N-dealkylation sites (tertiary alicyclic amines) is 1. The largest absolute Gasteiger partial charge is 0.357 e. The first-order valence-corrected chi connectivity index (χ1v) is 9.15. The maximum atomic E-state index is 7.85. The van der Waals surface area contributed by atoms with E-state index in [1.54, 1.807) is 0 Å². The van der Waals surface area contributed by atoms with Crippen molar-refractivity contribution in [1.29, 1.82) is 5.41 Å². The van der Waals surface area contributed by atoms with Gasteiger partial charge in [0.25, 0.3) is 0 Å². The first-order valence-electron chi connectivity index (χ1n) is 8.77. The summed E-state index contributed by atoms with van der Waals surface area (Å²) in [6.07, 6.45) is 7.30. The summed E-state index contributed by atoms with van der Waals surface area (Å²) in [5.41, 5.74) is 1.23. The molecule has 0 aliphatic carbocycles. The lowest BCUT2D eigenvalue weighted by atomic mass is 10.1. The Morgan fingerprint density at radius 2 is 1.60 bits per heavy atom. The molecule has 1 aromatic carbocycles. The van der Waals surface area contributed by atoms with E-state index in [0.717, 1.165) is 31.0 Å². The van der Waals surface area contributed by atoms with Crippen LogP contribution < -0.4 is 10.6 Å². The molecular weight excluding hydrogens is 379 g/mol. The van der Waals surface area contributed by atoms with Crippen LogP contribution in [0.2, 0.25) is 5.02 Å². The zero-order valence-corrected chi connectivity index (χ0v) is 17.1. The predicted octanol–water partition coefficient (Wildman–Crippen LogP) is 4.11. The van der Waals surface area contributed by atoms with Gasteiger partial charge in [-0.1, -0.05) is 30.2 Å². The maximum absolute atomic E-state index is 7.85. The van der Waals surface area contributed by atoms with Gasteiger partial charge in [0.1, 0.15) is 0 Å². The fraction of sp³-hybridized carbons (Fsp3) is 0.611. The molecule has 1 aromatic rings. The monoisotopic (exact) mass is 408 g/mol. The van der Waals surface area contributed by atoms with E-state index in [4.69, 9.17) is 17.0 Å². The lowest BCUT2D eigenvalue weighted by Crippen LogP contribution is -2.37. The first-order chi connectivity index (χ1) is 11.2. The van der Waals surface area contributed by atoms with Crippen molar-refractivity contribution in [3.8, 4) is 0 Å². The summed E-state index contributed by atoms with van der Waals surface area (Å²) in [5, 5.41) is 14.9. The van der Waals surface area contributed by atoms with Gasteiger partial charge in [0, 0.05) is 18.1 Å². The van der Waals surface area contributed by atoms with E-state index in [1.807, 2.05) is 24.3 Å². The third-order valence-corrected chi connectivity index (χ3v) is 4.53. The minimum atomic E-state index is 0. The summed E-state index contributed by atoms with van der Waals surface area (Å²) < 4.78 is 0. The average molecular weight is 410 g/mol. The number of nitrogens with zero attached hydrogens (tertiary/aromatic N) is 1. The Labute approximate surface area is 169 Å². The van der Waals surface area contributed by atoms with E-state index in [0.29, 0.717) is 5.96 Å². The Balaban J connectivity index is 0.00000288. The van der Waals surface area contributed by atoms with Crippen LogP contribution in [-0.2, 0) is 6.42 Å². The molecule has 1 heterocycles. The lowest BCUT2D eigenvalue weighted by Gasteiger charge is -2.14. The van der Waals surface area contributed by atoms with Crippen molar-refractivity contribution in [2.75, 3.05) is 32.7 Å². The number of guanidine groups is 1. The highest BCUT2D eigenvalue weighted by atomic mass is 35.5. The van der Waals surface area contributed by atoms with Gasteiger partial charge in [-0.15, -0.1) is 24.8 Å². The van der Waals surface area contributed by atoms with Crippen LogP contribution in [0.15, 0.2) is 24.3 Å². The highest BCUT2D eigenvalue weighted by Crippen LogP contribution is 2.10. The number of halogens is 3. The number of hydrogen-bond donors (Lipinski definition) is 3. The molecule has 0 amide bonds. The zero-order valence-electron chi connectivity index (χ0n) is 14.7. The number of hydrogen-bond acceptors (Lipinski definition) is 2. The van der Waals surface area contributed by atoms with Gasteiger partial charge in [0.15, 0.2) is 5.96 Å². The van der Waals surface area contributed by atoms with E-state index < -0.39 is 0 Å². The van der Waals surface area contributed by atoms with E-state index in [2.05, 4.69) is 15.5 Å². The lowest BCUT2D eigenvalue weighted by molar-refractivity contribution is 0.328. The van der Waals surface area contributed by atoms with E-state index in [1.165, 1.54) is 50.9 Å². The summed E-state index contributed by atoms with van der Waals surface area (Å²) in [7, 11) is 0. The molecule has 1 fully saturated rings. The molecular formula is C18H31Cl3N4. The Hall–Kier alpha value is -0.680. The molecule has 1 saturated heterocycles. The van der Waals surface area contributed by atoms with E-state index in [9.17, 15) is 0 Å². The smallest absolute Gasteiger partial charge is 0.188 e. The zero-order chi connectivity index (χ0) is 16.3. The fourth-order valence-electron chi connectivity index (χ4n) is 2.90. The molecule has 7 heteroatoms. The average Bonchev–Trinajstić information content (AvgIpc) is 3.06. The predicted molar refractivity (Wildman–Crippen MR) is 113 cm³/mol. The van der Waals surface area contributed by atoms with E-state index in [-0.39, 0.29) is 24.8 Å². The van der Waals surface area contributed by atoms with Crippen LogP contribution in [0.25, 0.3) is 0 Å². The number of nitrogens with one attached hydrogen (secondary N) is 3. The van der Waals surface area contributed by atoms with Crippen LogP contribution in [0, 0.1) is 5.41 Å². The van der Waals surface area contributed by atoms with Crippen molar-refractivity contribution in [2.45, 2.75) is 38.5 Å². The molecule has 0 aromatic heterocycles. The van der Waals surface area contributed by atoms with Crippen molar-refractivity contribution in [1.82, 2.24) is 15.5 Å². The van der Waals surface area contributed by atoms with Gasteiger partial charge in [-0.2, -0.15) is 0 Å². The number of unbranched alkanes of at least 4 members (excludes halogenated alkanes) is 2. The summed E-state index contributed by atoms with van der Waals surface area (Å²) in [6.45, 7) is 5.48. The SMILES string of the molecule is Cl.Cl.N=C(NCCCCCN1CCCC1)NCCc1ccc(Cl)cc1. The Kier molecular flexibility index (Phi) is 14.1. The van der Waals surface area contributed by atoms with Gasteiger partial charge >= 0.3 is 0 Å². The van der Waals surface area contributed by atoms with Crippen LogP contribution in [0.5, 0.6) is 0 Å². The molecule has 0 radical (unpaired) electrons. The molecule has 25 heavy (non-hydrogen) atoms. The Bertz CT molecular complexity index is 462. The second-order valence-corrected chi connectivity index (χ2v) is 6.65. The van der Waals surface area contributed by atoms with Gasteiger partial charge in [-0.3, -0.25) is 5.41 Å². The molecule has 2 rings (SSSR count). The van der Waals surface area contributed by atoms with Gasteiger partial charge in [-0.25, -0.2) is 0 Å². The first kappa shape index (κ1) is 24.3. The van der Waals surface area contributed by atoms with Crippen LogP contribution in [0.4, 0.5) is 0 Å². The van der Waals surface area contributed by atoms with Gasteiger partial charge in [0.05, 0.1) is 0 Å². The van der Waals surface area contributed by atoms with Crippen molar-refractivity contribution >= 4 is 42.4 Å². The maximum Gasteiger partial charge on any atom is 0.188 e. The highest BCUT2D eigenvalue weighted by molar-refractivity contribution is 6.30. The third kappa shape index (κ3) is 10.8. The second-order valence-electron chi connectivity index (χ2n) is 6.21. The summed E-state index contributed by atoms with van der Waals surface area (Å²) in [4.78, 5) is 2.56. The second kappa shape index (κ2) is 14.5. The van der Waals surface area contributed by atoms with Gasteiger partial charge in [0.2, 0.25) is 0 Å². The topological polar surface area (TPSA) is 51.2 Å². The quantitative estimate of drug-likeness (QED) is 0.327. The summed E-state index contributed by atoms with van der Waals surface area (Å²) >= 11 is 5.86. The molecule has 4 nitrogen and oxygen atoms in total. The minimum Gasteiger partial charge on any atom is -0.357 e. The van der Waals surface area contributed by atoms with E-state index >= 15 is 0 Å².